The van der Waals surface area contributed by atoms with Crippen molar-refractivity contribution in [1.82, 2.24) is 10.2 Å². The first kappa shape index (κ1) is 11.4. The molecule has 0 bridgehead atoms. The highest BCUT2D eigenvalue weighted by Gasteiger charge is 2.37. The molecule has 2 aliphatic heterocycles. The summed E-state index contributed by atoms with van der Waals surface area (Å²) in [5.74, 6) is -0.785. The monoisotopic (exact) mass is 226 g/mol. The molecule has 2 saturated heterocycles. The number of amides is 1. The molecule has 2 N–H and O–H groups in total. The Hall–Kier alpha value is -1.10. The van der Waals surface area contributed by atoms with Crippen molar-refractivity contribution in [2.45, 2.75) is 31.7 Å². The summed E-state index contributed by atoms with van der Waals surface area (Å²) in [7, 11) is 0. The minimum Gasteiger partial charge on any atom is -0.480 e. The Morgan fingerprint density at radius 2 is 1.88 bits per heavy atom. The number of carboxylic acid groups (broad SMARTS) is 1. The van der Waals surface area contributed by atoms with Crippen molar-refractivity contribution < 1.29 is 14.7 Å². The molecule has 5 heteroatoms. The quantitative estimate of drug-likeness (QED) is 0.698. The number of carbonyl (C=O) groups is 2. The zero-order valence-electron chi connectivity index (χ0n) is 9.32. The van der Waals surface area contributed by atoms with Gasteiger partial charge in [0, 0.05) is 12.5 Å². The van der Waals surface area contributed by atoms with E-state index < -0.39 is 12.0 Å². The topological polar surface area (TPSA) is 69.6 Å². The van der Waals surface area contributed by atoms with Gasteiger partial charge in [-0.1, -0.05) is 0 Å². The van der Waals surface area contributed by atoms with Crippen LogP contribution >= 0.6 is 0 Å². The van der Waals surface area contributed by atoms with Gasteiger partial charge in [0.2, 0.25) is 5.91 Å². The highest BCUT2D eigenvalue weighted by Crippen LogP contribution is 2.23. The fraction of sp³-hybridized carbons (Fsp3) is 0.818. The molecule has 0 aromatic rings. The summed E-state index contributed by atoms with van der Waals surface area (Å²) in [4.78, 5) is 24.7. The Morgan fingerprint density at radius 3 is 2.50 bits per heavy atom. The van der Waals surface area contributed by atoms with Gasteiger partial charge in [0.05, 0.1) is 0 Å². The molecule has 90 valence electrons. The van der Waals surface area contributed by atoms with Crippen LogP contribution in [0, 0.1) is 5.92 Å². The maximum absolute atomic E-state index is 12.2. The lowest BCUT2D eigenvalue weighted by Crippen LogP contribution is -2.45. The standard InChI is InChI=1S/C11H18N2O3/c14-10(8-3-5-12-6-4-8)13-7-1-2-9(13)11(15)16/h8-9,12H,1-7H2,(H,15,16)/t9-/m1/s1. The van der Waals surface area contributed by atoms with E-state index in [-0.39, 0.29) is 11.8 Å². The van der Waals surface area contributed by atoms with Crippen LogP contribution in [-0.2, 0) is 9.59 Å². The predicted molar refractivity (Wildman–Crippen MR) is 58.0 cm³/mol. The number of rotatable bonds is 2. The molecular weight excluding hydrogens is 208 g/mol. The number of likely N-dealkylation sites (tertiary alicyclic amines) is 1. The van der Waals surface area contributed by atoms with Gasteiger partial charge in [-0.05, 0) is 38.8 Å². The van der Waals surface area contributed by atoms with E-state index in [1.54, 1.807) is 4.90 Å². The molecule has 2 rings (SSSR count). The lowest BCUT2D eigenvalue weighted by molar-refractivity contribution is -0.150. The largest absolute Gasteiger partial charge is 0.480 e. The van der Waals surface area contributed by atoms with Crippen molar-refractivity contribution in [2.75, 3.05) is 19.6 Å². The van der Waals surface area contributed by atoms with Gasteiger partial charge in [0.1, 0.15) is 6.04 Å². The van der Waals surface area contributed by atoms with Gasteiger partial charge >= 0.3 is 5.97 Å². The van der Waals surface area contributed by atoms with Crippen molar-refractivity contribution in [3.63, 3.8) is 0 Å². The molecule has 0 radical (unpaired) electrons. The summed E-state index contributed by atoms with van der Waals surface area (Å²) >= 11 is 0. The summed E-state index contributed by atoms with van der Waals surface area (Å²) in [5.41, 5.74) is 0. The Balaban J connectivity index is 1.99. The third kappa shape index (κ3) is 2.19. The van der Waals surface area contributed by atoms with Crippen LogP contribution in [0.15, 0.2) is 0 Å². The van der Waals surface area contributed by atoms with E-state index in [0.29, 0.717) is 13.0 Å². The Morgan fingerprint density at radius 1 is 1.19 bits per heavy atom. The molecule has 0 saturated carbocycles. The van der Waals surface area contributed by atoms with Crippen LogP contribution in [0.2, 0.25) is 0 Å². The van der Waals surface area contributed by atoms with Crippen molar-refractivity contribution in [3.8, 4) is 0 Å². The zero-order chi connectivity index (χ0) is 11.5. The van der Waals surface area contributed by atoms with Crippen LogP contribution in [0.5, 0.6) is 0 Å². The molecule has 5 nitrogen and oxygen atoms in total. The summed E-state index contributed by atoms with van der Waals surface area (Å²) in [6.07, 6.45) is 3.09. The smallest absolute Gasteiger partial charge is 0.326 e. The van der Waals surface area contributed by atoms with Gasteiger partial charge in [-0.3, -0.25) is 4.79 Å². The van der Waals surface area contributed by atoms with Gasteiger partial charge in [-0.25, -0.2) is 4.79 Å². The molecule has 0 aliphatic carbocycles. The van der Waals surface area contributed by atoms with Gasteiger partial charge < -0.3 is 15.3 Å². The molecule has 2 aliphatic rings. The van der Waals surface area contributed by atoms with E-state index in [1.165, 1.54) is 0 Å². The van der Waals surface area contributed by atoms with E-state index in [0.717, 1.165) is 32.4 Å². The van der Waals surface area contributed by atoms with Crippen molar-refractivity contribution in [2.24, 2.45) is 5.92 Å². The average molecular weight is 226 g/mol. The van der Waals surface area contributed by atoms with E-state index in [2.05, 4.69) is 5.32 Å². The number of nitrogens with one attached hydrogen (secondary N) is 1. The second-order valence-electron chi connectivity index (χ2n) is 4.55. The maximum atomic E-state index is 12.2. The molecule has 1 amide bonds. The first-order chi connectivity index (χ1) is 7.70. The molecule has 0 aromatic carbocycles. The van der Waals surface area contributed by atoms with E-state index in [4.69, 9.17) is 5.11 Å². The third-order valence-electron chi connectivity index (χ3n) is 3.51. The van der Waals surface area contributed by atoms with Crippen molar-refractivity contribution in [1.29, 1.82) is 0 Å². The van der Waals surface area contributed by atoms with Gasteiger partial charge in [0.25, 0.3) is 0 Å². The van der Waals surface area contributed by atoms with Crippen LogP contribution in [0.25, 0.3) is 0 Å². The van der Waals surface area contributed by atoms with E-state index in [1.807, 2.05) is 0 Å². The predicted octanol–water partition coefficient (Wildman–Crippen LogP) is 0.0616. The molecule has 0 aromatic heterocycles. The Bertz CT molecular complexity index is 287. The van der Waals surface area contributed by atoms with Crippen LogP contribution < -0.4 is 5.32 Å². The summed E-state index contributed by atoms with van der Waals surface area (Å²) in [5, 5.41) is 12.2. The number of hydrogen-bond acceptors (Lipinski definition) is 3. The zero-order valence-corrected chi connectivity index (χ0v) is 9.32. The summed E-state index contributed by atoms with van der Waals surface area (Å²) < 4.78 is 0. The third-order valence-corrected chi connectivity index (χ3v) is 3.51. The molecular formula is C11H18N2O3. The number of piperidine rings is 1. The summed E-state index contributed by atoms with van der Waals surface area (Å²) in [6, 6.07) is -0.581. The van der Waals surface area contributed by atoms with Crippen LogP contribution in [0.4, 0.5) is 0 Å². The van der Waals surface area contributed by atoms with Gasteiger partial charge in [0.15, 0.2) is 0 Å². The first-order valence-electron chi connectivity index (χ1n) is 5.94. The molecule has 0 unspecified atom stereocenters. The lowest BCUT2D eigenvalue weighted by atomic mass is 9.96. The minimum absolute atomic E-state index is 0.0289. The Labute approximate surface area is 94.8 Å². The fourth-order valence-electron chi connectivity index (χ4n) is 2.59. The van der Waals surface area contributed by atoms with E-state index >= 15 is 0 Å². The van der Waals surface area contributed by atoms with Crippen LogP contribution in [0.1, 0.15) is 25.7 Å². The number of carboxylic acids is 1. The van der Waals surface area contributed by atoms with Crippen molar-refractivity contribution in [3.05, 3.63) is 0 Å². The number of aliphatic carboxylic acids is 1. The second kappa shape index (κ2) is 4.82. The maximum Gasteiger partial charge on any atom is 0.326 e. The lowest BCUT2D eigenvalue weighted by Gasteiger charge is -2.29. The average Bonchev–Trinajstić information content (AvgIpc) is 2.78. The van der Waals surface area contributed by atoms with E-state index in [9.17, 15) is 9.59 Å². The molecule has 1 atom stereocenters. The number of hydrogen-bond donors (Lipinski definition) is 2. The molecule has 2 heterocycles. The normalized spacial score (nSPS) is 27.0. The minimum atomic E-state index is -0.861. The van der Waals surface area contributed by atoms with Crippen molar-refractivity contribution >= 4 is 11.9 Å². The fourth-order valence-corrected chi connectivity index (χ4v) is 2.59. The van der Waals surface area contributed by atoms with Gasteiger partial charge in [-0.15, -0.1) is 0 Å². The highest BCUT2D eigenvalue weighted by atomic mass is 16.4. The Kier molecular flexibility index (Phi) is 3.43. The highest BCUT2D eigenvalue weighted by molar-refractivity contribution is 5.85. The molecule has 2 fully saturated rings. The summed E-state index contributed by atoms with van der Waals surface area (Å²) in [6.45, 7) is 2.34. The number of carbonyl (C=O) groups excluding carboxylic acids is 1. The second-order valence-corrected chi connectivity index (χ2v) is 4.55. The SMILES string of the molecule is O=C(O)[C@H]1CCCN1C(=O)C1CCNCC1. The molecule has 0 spiro atoms. The molecule has 16 heavy (non-hydrogen) atoms. The van der Waals surface area contributed by atoms with Crippen LogP contribution in [0.3, 0.4) is 0 Å². The van der Waals surface area contributed by atoms with Crippen LogP contribution in [-0.4, -0.2) is 47.6 Å². The number of nitrogens with zero attached hydrogens (tertiary/aromatic N) is 1. The van der Waals surface area contributed by atoms with Gasteiger partial charge in [-0.2, -0.15) is 0 Å². The first-order valence-corrected chi connectivity index (χ1v) is 5.94.